The second-order valence-electron chi connectivity index (χ2n) is 8.32. The van der Waals surface area contributed by atoms with Crippen LogP contribution in [-0.4, -0.2) is 32.4 Å². The number of nitrogens with one attached hydrogen (secondary N) is 2. The van der Waals surface area contributed by atoms with Gasteiger partial charge >= 0.3 is 5.97 Å². The van der Waals surface area contributed by atoms with Gasteiger partial charge in [0.15, 0.2) is 5.76 Å². The average molecular weight is 481 g/mol. The number of fused-ring (bicyclic) bond motifs is 1. The second kappa shape index (κ2) is 10.2. The molecule has 0 aliphatic carbocycles. The molecule has 0 spiro atoms. The van der Waals surface area contributed by atoms with Crippen molar-refractivity contribution >= 4 is 23.3 Å². The average Bonchev–Trinajstić information content (AvgIpc) is 3.56. The summed E-state index contributed by atoms with van der Waals surface area (Å²) in [7, 11) is 0. The van der Waals surface area contributed by atoms with Gasteiger partial charge in [-0.15, -0.1) is 0 Å². The topological polar surface area (TPSA) is 109 Å². The van der Waals surface area contributed by atoms with Crippen molar-refractivity contribution in [2.45, 2.75) is 19.0 Å². The van der Waals surface area contributed by atoms with Crippen LogP contribution in [0.3, 0.4) is 0 Å². The number of nitrogens with zero attached hydrogens (tertiary/aromatic N) is 2. The molecule has 36 heavy (non-hydrogen) atoms. The number of aliphatic carboxylic acids is 1. The number of carbonyl (C=O) groups excluding carboxylic acids is 1. The van der Waals surface area contributed by atoms with Crippen LogP contribution in [0.5, 0.6) is 0 Å². The van der Waals surface area contributed by atoms with Crippen molar-refractivity contribution in [2.24, 2.45) is 0 Å². The number of anilines is 1. The number of pyridine rings is 1. The molecule has 8 heteroatoms. The summed E-state index contributed by atoms with van der Waals surface area (Å²) in [5.74, 6) is -0.263. The number of aromatic nitrogens is 2. The highest BCUT2D eigenvalue weighted by atomic mass is 16.4. The summed E-state index contributed by atoms with van der Waals surface area (Å²) in [6.07, 6.45) is 3.51. The first-order chi connectivity index (χ1) is 17.6. The Balaban J connectivity index is 1.42. The van der Waals surface area contributed by atoms with E-state index >= 15 is 0 Å². The smallest absolute Gasteiger partial charge is 0.326 e. The van der Waals surface area contributed by atoms with Gasteiger partial charge in [-0.05, 0) is 35.4 Å². The molecule has 3 N–H and O–H groups in total. The highest BCUT2D eigenvalue weighted by Gasteiger charge is 2.22. The predicted octanol–water partition coefficient (Wildman–Crippen LogP) is 4.63. The number of benzene rings is 2. The Bertz CT molecular complexity index is 1480. The highest BCUT2D eigenvalue weighted by Crippen LogP contribution is 2.30. The summed E-state index contributed by atoms with van der Waals surface area (Å²) in [4.78, 5) is 29.5. The molecule has 1 unspecified atom stereocenters. The summed E-state index contributed by atoms with van der Waals surface area (Å²) >= 11 is 0. The van der Waals surface area contributed by atoms with Crippen LogP contribution in [0.2, 0.25) is 0 Å². The molecule has 2 aromatic carbocycles. The molecule has 5 rings (SSSR count). The van der Waals surface area contributed by atoms with Crippen LogP contribution in [-0.2, 0) is 17.8 Å². The third kappa shape index (κ3) is 4.97. The molecule has 1 amide bonds. The summed E-state index contributed by atoms with van der Waals surface area (Å²) < 4.78 is 7.44. The van der Waals surface area contributed by atoms with Crippen LogP contribution in [0.25, 0.3) is 17.1 Å². The number of carboxylic acids is 1. The summed E-state index contributed by atoms with van der Waals surface area (Å²) in [6, 6.07) is 25.0. The molecule has 5 aromatic rings. The van der Waals surface area contributed by atoms with Crippen LogP contribution >= 0.6 is 0 Å². The van der Waals surface area contributed by atoms with Gasteiger partial charge in [0.1, 0.15) is 23.2 Å². The largest absolute Gasteiger partial charge is 0.480 e. The molecule has 8 nitrogen and oxygen atoms in total. The number of furan rings is 1. The number of hydrogen-bond donors (Lipinski definition) is 3. The number of carbonyl (C=O) groups is 2. The second-order valence-corrected chi connectivity index (χ2v) is 8.32. The van der Waals surface area contributed by atoms with Gasteiger partial charge in [0.05, 0.1) is 6.26 Å². The van der Waals surface area contributed by atoms with Gasteiger partial charge in [0.2, 0.25) is 0 Å². The lowest BCUT2D eigenvalue weighted by atomic mass is 10.1. The van der Waals surface area contributed by atoms with Crippen LogP contribution in [0, 0.1) is 0 Å². The van der Waals surface area contributed by atoms with E-state index < -0.39 is 17.9 Å². The van der Waals surface area contributed by atoms with Gasteiger partial charge in [-0.3, -0.25) is 9.20 Å². The number of amides is 1. The quantitative estimate of drug-likeness (QED) is 0.284. The third-order valence-electron chi connectivity index (χ3n) is 5.83. The Morgan fingerprint density at radius 2 is 1.67 bits per heavy atom. The van der Waals surface area contributed by atoms with Gasteiger partial charge < -0.3 is 20.2 Å². The van der Waals surface area contributed by atoms with Gasteiger partial charge in [0.25, 0.3) is 5.91 Å². The van der Waals surface area contributed by atoms with E-state index in [4.69, 9.17) is 9.40 Å². The van der Waals surface area contributed by atoms with Crippen molar-refractivity contribution in [3.8, 4) is 11.5 Å². The molecule has 0 saturated carbocycles. The summed E-state index contributed by atoms with van der Waals surface area (Å²) in [6.45, 7) is 0.574. The Morgan fingerprint density at radius 3 is 2.33 bits per heavy atom. The first-order valence-corrected chi connectivity index (χ1v) is 11.5. The zero-order valence-electron chi connectivity index (χ0n) is 19.3. The number of imidazole rings is 1. The molecule has 0 aliphatic rings. The first kappa shape index (κ1) is 22.9. The van der Waals surface area contributed by atoms with Crippen LogP contribution in [0.1, 0.15) is 21.5 Å². The lowest BCUT2D eigenvalue weighted by molar-refractivity contribution is -0.139. The fourth-order valence-corrected chi connectivity index (χ4v) is 4.01. The summed E-state index contributed by atoms with van der Waals surface area (Å²) in [5, 5.41) is 15.7. The molecular formula is C28H24N4O4. The lowest BCUT2D eigenvalue weighted by Gasteiger charge is -2.15. The maximum absolute atomic E-state index is 13.0. The van der Waals surface area contributed by atoms with Crippen molar-refractivity contribution < 1.29 is 19.1 Å². The van der Waals surface area contributed by atoms with Crippen LogP contribution < -0.4 is 10.6 Å². The molecule has 0 bridgehead atoms. The molecule has 0 aliphatic heterocycles. The highest BCUT2D eigenvalue weighted by molar-refractivity contribution is 5.97. The summed E-state index contributed by atoms with van der Waals surface area (Å²) in [5.41, 5.74) is 3.38. The van der Waals surface area contributed by atoms with E-state index in [1.165, 1.54) is 0 Å². The maximum Gasteiger partial charge on any atom is 0.326 e. The van der Waals surface area contributed by atoms with Crippen LogP contribution in [0.15, 0.2) is 102 Å². The van der Waals surface area contributed by atoms with Crippen LogP contribution in [0.4, 0.5) is 5.82 Å². The Morgan fingerprint density at radius 1 is 0.944 bits per heavy atom. The molecule has 0 fully saturated rings. The fraction of sp³-hybridized carbons (Fsp3) is 0.107. The van der Waals surface area contributed by atoms with E-state index in [9.17, 15) is 14.7 Å². The van der Waals surface area contributed by atoms with Crippen molar-refractivity contribution in [1.29, 1.82) is 0 Å². The molecule has 0 radical (unpaired) electrons. The minimum absolute atomic E-state index is 0.184. The normalized spacial score (nSPS) is 11.8. The number of carboxylic acid groups (broad SMARTS) is 1. The lowest BCUT2D eigenvalue weighted by Crippen LogP contribution is -2.42. The van der Waals surface area contributed by atoms with Gasteiger partial charge in [0, 0.05) is 24.7 Å². The Labute approximate surface area is 207 Å². The predicted molar refractivity (Wildman–Crippen MR) is 136 cm³/mol. The minimum Gasteiger partial charge on any atom is -0.480 e. The molecule has 1 atom stereocenters. The number of hydrogen-bond acceptors (Lipinski definition) is 5. The molecule has 3 heterocycles. The SMILES string of the molecule is O=C(NC(Cc1ccccc1)C(=O)O)c1ccn2c(NCc3ccccc3)c(-c3ccco3)nc2c1. The zero-order chi connectivity index (χ0) is 24.9. The standard InChI is InChI=1S/C28H24N4O4/c33-27(30-22(28(34)35)16-19-8-3-1-4-9-19)21-13-14-32-24(17-21)31-25(23-12-7-15-36-23)26(32)29-18-20-10-5-2-6-11-20/h1-15,17,22,29H,16,18H2,(H,30,33)(H,34,35). The van der Waals surface area contributed by atoms with E-state index in [2.05, 4.69) is 10.6 Å². The van der Waals surface area contributed by atoms with E-state index in [1.54, 1.807) is 30.7 Å². The molecule has 0 saturated heterocycles. The van der Waals surface area contributed by atoms with Crippen molar-refractivity contribution in [3.05, 3.63) is 114 Å². The molecule has 3 aromatic heterocycles. The van der Waals surface area contributed by atoms with Gasteiger partial charge in [-0.2, -0.15) is 0 Å². The monoisotopic (exact) mass is 480 g/mol. The zero-order valence-corrected chi connectivity index (χ0v) is 19.3. The van der Waals surface area contributed by atoms with E-state index in [0.717, 1.165) is 16.9 Å². The minimum atomic E-state index is -1.10. The van der Waals surface area contributed by atoms with Crippen molar-refractivity contribution in [3.63, 3.8) is 0 Å². The Hall–Kier alpha value is -4.85. The fourth-order valence-electron chi connectivity index (χ4n) is 4.01. The van der Waals surface area contributed by atoms with Gasteiger partial charge in [-0.25, -0.2) is 9.78 Å². The van der Waals surface area contributed by atoms with E-state index in [0.29, 0.717) is 29.2 Å². The number of rotatable bonds is 9. The third-order valence-corrected chi connectivity index (χ3v) is 5.83. The Kier molecular flexibility index (Phi) is 6.48. The molecule has 180 valence electrons. The maximum atomic E-state index is 13.0. The van der Waals surface area contributed by atoms with Crippen molar-refractivity contribution in [2.75, 3.05) is 5.32 Å². The first-order valence-electron chi connectivity index (χ1n) is 11.5. The van der Waals surface area contributed by atoms with E-state index in [-0.39, 0.29) is 6.42 Å². The van der Waals surface area contributed by atoms with Gasteiger partial charge in [-0.1, -0.05) is 60.7 Å². The van der Waals surface area contributed by atoms with E-state index in [1.807, 2.05) is 71.1 Å². The van der Waals surface area contributed by atoms with Crippen molar-refractivity contribution in [1.82, 2.24) is 14.7 Å². The molecular weight excluding hydrogens is 456 g/mol.